The van der Waals surface area contributed by atoms with E-state index < -0.39 is 0 Å². The van der Waals surface area contributed by atoms with Gasteiger partial charge in [-0.15, -0.1) is 0 Å². The number of aromatic nitrogens is 2. The second kappa shape index (κ2) is 7.38. The number of carbonyl (C=O) groups is 1. The number of benzene rings is 1. The highest BCUT2D eigenvalue weighted by molar-refractivity contribution is 5.93. The Hall–Kier alpha value is -2.83. The number of nitrogens with zero attached hydrogens (tertiary/aromatic N) is 3. The lowest BCUT2D eigenvalue weighted by Gasteiger charge is -2.27. The molecule has 0 spiro atoms. The monoisotopic (exact) mass is 342 g/mol. The zero-order valence-corrected chi connectivity index (χ0v) is 14.7. The van der Waals surface area contributed by atoms with E-state index in [0.717, 1.165) is 23.6 Å². The third-order valence-electron chi connectivity index (χ3n) is 4.18. The molecule has 0 saturated carbocycles. The summed E-state index contributed by atoms with van der Waals surface area (Å²) in [6.07, 6.45) is 3.08. The highest BCUT2D eigenvalue weighted by Crippen LogP contribution is 2.34. The van der Waals surface area contributed by atoms with Crippen LogP contribution in [0.5, 0.6) is 11.5 Å². The Bertz CT molecular complexity index is 748. The fraction of sp³-hybridized carbons (Fsp3) is 0.389. The minimum atomic E-state index is -0.134. The molecule has 0 unspecified atom stereocenters. The van der Waals surface area contributed by atoms with Crippen LogP contribution >= 0.6 is 0 Å². The maximum absolute atomic E-state index is 12.7. The number of fused-ring (bicyclic) bond motifs is 1. The van der Waals surface area contributed by atoms with Crippen molar-refractivity contribution in [1.29, 1.82) is 0 Å². The molecule has 7 heteroatoms. The highest BCUT2D eigenvalue weighted by Gasteiger charge is 2.21. The summed E-state index contributed by atoms with van der Waals surface area (Å²) in [7, 11) is 1.77. The van der Waals surface area contributed by atoms with Gasteiger partial charge in [0.15, 0.2) is 11.5 Å². The Labute approximate surface area is 147 Å². The van der Waals surface area contributed by atoms with Gasteiger partial charge in [-0.2, -0.15) is 0 Å². The molecule has 3 rings (SSSR count). The van der Waals surface area contributed by atoms with E-state index in [2.05, 4.69) is 15.3 Å². The maximum atomic E-state index is 12.7. The van der Waals surface area contributed by atoms with Crippen LogP contribution in [0.3, 0.4) is 0 Å². The number of anilines is 1. The summed E-state index contributed by atoms with van der Waals surface area (Å²) in [5.74, 6) is 1.84. The second-order valence-corrected chi connectivity index (χ2v) is 5.82. The van der Waals surface area contributed by atoms with E-state index in [4.69, 9.17) is 9.47 Å². The van der Waals surface area contributed by atoms with Gasteiger partial charge in [-0.1, -0.05) is 6.07 Å². The van der Waals surface area contributed by atoms with Crippen molar-refractivity contribution in [3.63, 3.8) is 0 Å². The van der Waals surface area contributed by atoms with Crippen molar-refractivity contribution in [3.8, 4) is 11.5 Å². The zero-order valence-electron chi connectivity index (χ0n) is 14.7. The third kappa shape index (κ3) is 3.65. The molecule has 132 valence electrons. The van der Waals surface area contributed by atoms with E-state index in [1.165, 1.54) is 0 Å². The van der Waals surface area contributed by atoms with Crippen molar-refractivity contribution in [2.45, 2.75) is 19.9 Å². The molecule has 1 atom stereocenters. The molecule has 0 saturated heterocycles. The zero-order chi connectivity index (χ0) is 17.8. The molecule has 0 fully saturated rings. The van der Waals surface area contributed by atoms with Crippen LogP contribution in [0.1, 0.15) is 35.8 Å². The Kier molecular flexibility index (Phi) is 5.02. The van der Waals surface area contributed by atoms with Gasteiger partial charge in [0.1, 0.15) is 13.2 Å². The summed E-state index contributed by atoms with van der Waals surface area (Å²) in [6.45, 7) is 5.76. The number of carbonyl (C=O) groups excluding carboxylic acids is 1. The molecular formula is C18H22N4O3. The van der Waals surface area contributed by atoms with Gasteiger partial charge in [-0.05, 0) is 31.5 Å². The molecule has 2 aromatic rings. The fourth-order valence-electron chi connectivity index (χ4n) is 2.61. The largest absolute Gasteiger partial charge is 0.486 e. The first-order valence-electron chi connectivity index (χ1n) is 8.32. The Morgan fingerprint density at radius 3 is 2.60 bits per heavy atom. The minimum Gasteiger partial charge on any atom is -0.486 e. The quantitative estimate of drug-likeness (QED) is 0.900. The van der Waals surface area contributed by atoms with Crippen LogP contribution in [0.4, 0.5) is 5.95 Å². The third-order valence-corrected chi connectivity index (χ3v) is 4.18. The second-order valence-electron chi connectivity index (χ2n) is 5.82. The molecular weight excluding hydrogens is 320 g/mol. The number of hydrogen-bond donors (Lipinski definition) is 1. The Morgan fingerprint density at radius 2 is 1.92 bits per heavy atom. The van der Waals surface area contributed by atoms with Crippen LogP contribution in [0.15, 0.2) is 30.6 Å². The standard InChI is InChI=1S/C18H22N4O3/c1-4-19-18-20-10-14(11-21-18)17(23)22(3)12(2)13-5-6-15-16(9-13)25-8-7-24-15/h5-6,9-12H,4,7-8H2,1-3H3,(H,19,20,21)/t12-/m1/s1. The first-order chi connectivity index (χ1) is 12.1. The number of hydrogen-bond acceptors (Lipinski definition) is 6. The van der Waals surface area contributed by atoms with Crippen LogP contribution in [-0.2, 0) is 0 Å². The van der Waals surface area contributed by atoms with Crippen molar-refractivity contribution in [2.24, 2.45) is 0 Å². The van der Waals surface area contributed by atoms with Gasteiger partial charge < -0.3 is 19.7 Å². The SMILES string of the molecule is CCNc1ncc(C(=O)N(C)[C@H](C)c2ccc3c(c2)OCCO3)cn1. The Morgan fingerprint density at radius 1 is 1.24 bits per heavy atom. The lowest BCUT2D eigenvalue weighted by Crippen LogP contribution is -2.30. The van der Waals surface area contributed by atoms with Crippen LogP contribution < -0.4 is 14.8 Å². The summed E-state index contributed by atoms with van der Waals surface area (Å²) in [4.78, 5) is 22.7. The lowest BCUT2D eigenvalue weighted by molar-refractivity contribution is 0.0741. The molecule has 25 heavy (non-hydrogen) atoms. The molecule has 7 nitrogen and oxygen atoms in total. The average Bonchev–Trinajstić information content (AvgIpc) is 2.66. The molecule has 0 bridgehead atoms. The fourth-order valence-corrected chi connectivity index (χ4v) is 2.61. The van der Waals surface area contributed by atoms with Crippen LogP contribution in [0, 0.1) is 0 Å². The minimum absolute atomic E-state index is 0.128. The van der Waals surface area contributed by atoms with Crippen LogP contribution in [-0.4, -0.2) is 47.6 Å². The van der Waals surface area contributed by atoms with E-state index in [9.17, 15) is 4.79 Å². The lowest BCUT2D eigenvalue weighted by atomic mass is 10.1. The molecule has 0 aliphatic carbocycles. The maximum Gasteiger partial charge on any atom is 0.257 e. The van der Waals surface area contributed by atoms with E-state index in [1.807, 2.05) is 32.0 Å². The van der Waals surface area contributed by atoms with Crippen molar-refractivity contribution < 1.29 is 14.3 Å². The van der Waals surface area contributed by atoms with Gasteiger partial charge in [-0.25, -0.2) is 9.97 Å². The normalized spacial score (nSPS) is 13.9. The van der Waals surface area contributed by atoms with Crippen LogP contribution in [0.25, 0.3) is 0 Å². The number of amides is 1. The predicted molar refractivity (Wildman–Crippen MR) is 94.1 cm³/mol. The van der Waals surface area contributed by atoms with E-state index in [0.29, 0.717) is 24.7 Å². The smallest absolute Gasteiger partial charge is 0.257 e. The molecule has 1 aliphatic heterocycles. The van der Waals surface area contributed by atoms with Gasteiger partial charge in [-0.3, -0.25) is 4.79 Å². The van der Waals surface area contributed by atoms with Gasteiger partial charge in [0, 0.05) is 26.0 Å². The molecule has 1 aromatic carbocycles. The van der Waals surface area contributed by atoms with E-state index in [1.54, 1.807) is 24.3 Å². The summed E-state index contributed by atoms with van der Waals surface area (Å²) in [5, 5.41) is 3.01. The van der Waals surface area contributed by atoms with Crippen LogP contribution in [0.2, 0.25) is 0 Å². The summed E-state index contributed by atoms with van der Waals surface area (Å²) in [6, 6.07) is 5.63. The first-order valence-corrected chi connectivity index (χ1v) is 8.32. The highest BCUT2D eigenvalue weighted by atomic mass is 16.6. The summed E-state index contributed by atoms with van der Waals surface area (Å²) < 4.78 is 11.2. The van der Waals surface area contributed by atoms with Crippen molar-refractivity contribution in [3.05, 3.63) is 41.7 Å². The number of rotatable bonds is 5. The predicted octanol–water partition coefficient (Wildman–Crippen LogP) is 2.51. The first kappa shape index (κ1) is 17.0. The summed E-state index contributed by atoms with van der Waals surface area (Å²) in [5.41, 5.74) is 1.43. The van der Waals surface area contributed by atoms with Gasteiger partial charge in [0.25, 0.3) is 5.91 Å². The summed E-state index contributed by atoms with van der Waals surface area (Å²) >= 11 is 0. The molecule has 1 amide bonds. The molecule has 2 heterocycles. The Balaban J connectivity index is 1.74. The van der Waals surface area contributed by atoms with Gasteiger partial charge in [0.2, 0.25) is 5.95 Å². The molecule has 1 aromatic heterocycles. The van der Waals surface area contributed by atoms with E-state index >= 15 is 0 Å². The number of ether oxygens (including phenoxy) is 2. The number of nitrogens with one attached hydrogen (secondary N) is 1. The topological polar surface area (TPSA) is 76.6 Å². The molecule has 1 N–H and O–H groups in total. The van der Waals surface area contributed by atoms with Crippen molar-refractivity contribution in [2.75, 3.05) is 32.1 Å². The van der Waals surface area contributed by atoms with Gasteiger partial charge >= 0.3 is 0 Å². The van der Waals surface area contributed by atoms with Gasteiger partial charge in [0.05, 0.1) is 11.6 Å². The van der Waals surface area contributed by atoms with Crippen molar-refractivity contribution in [1.82, 2.24) is 14.9 Å². The molecule has 1 aliphatic rings. The van der Waals surface area contributed by atoms with Crippen molar-refractivity contribution >= 4 is 11.9 Å². The molecule has 0 radical (unpaired) electrons. The average molecular weight is 342 g/mol. The van der Waals surface area contributed by atoms with E-state index in [-0.39, 0.29) is 11.9 Å².